The maximum Gasteiger partial charge on any atom is 0.188 e. The molecule has 0 aliphatic carbocycles. The van der Waals surface area contributed by atoms with Gasteiger partial charge in [0.25, 0.3) is 0 Å². The van der Waals surface area contributed by atoms with E-state index in [0.29, 0.717) is 12.5 Å². The summed E-state index contributed by atoms with van der Waals surface area (Å²) < 4.78 is 5.35. The highest BCUT2D eigenvalue weighted by Gasteiger charge is 2.08. The van der Waals surface area contributed by atoms with Gasteiger partial charge < -0.3 is 20.7 Å². The summed E-state index contributed by atoms with van der Waals surface area (Å²) in [5.74, 6) is 0.523. The summed E-state index contributed by atoms with van der Waals surface area (Å²) in [4.78, 5) is 9.02. The number of ether oxygens (including phenoxy) is 1. The first-order valence-corrected chi connectivity index (χ1v) is 8.70. The van der Waals surface area contributed by atoms with Crippen LogP contribution in [0.4, 0.5) is 0 Å². The maximum atomic E-state index is 5.96. The second-order valence-electron chi connectivity index (χ2n) is 6.49. The van der Waals surface area contributed by atoms with E-state index in [1.807, 2.05) is 0 Å². The summed E-state index contributed by atoms with van der Waals surface area (Å²) in [5.41, 5.74) is 8.44. The molecule has 142 valence electrons. The lowest BCUT2D eigenvalue weighted by Gasteiger charge is -2.26. The topological polar surface area (TPSA) is 66.1 Å². The quantitative estimate of drug-likeness (QED) is 0.266. The van der Waals surface area contributed by atoms with Crippen LogP contribution in [0.15, 0.2) is 29.3 Å². The van der Waals surface area contributed by atoms with E-state index in [-0.39, 0.29) is 24.0 Å². The molecule has 1 aliphatic heterocycles. The molecule has 2 rings (SSSR count). The molecule has 0 atom stereocenters. The number of nitrogens with one attached hydrogen (secondary N) is 1. The normalized spacial score (nSPS) is 15.9. The van der Waals surface area contributed by atoms with Crippen LogP contribution in [0.25, 0.3) is 0 Å². The number of rotatable bonds is 8. The van der Waals surface area contributed by atoms with E-state index >= 15 is 0 Å². The van der Waals surface area contributed by atoms with Gasteiger partial charge in [0.2, 0.25) is 0 Å². The van der Waals surface area contributed by atoms with Crippen molar-refractivity contribution in [2.45, 2.75) is 19.5 Å². The average Bonchev–Trinajstić information content (AvgIpc) is 2.58. The molecular weight excluding hydrogens is 429 g/mol. The van der Waals surface area contributed by atoms with Crippen LogP contribution in [0.2, 0.25) is 0 Å². The summed E-state index contributed by atoms with van der Waals surface area (Å²) in [6, 6.07) is 8.50. The zero-order valence-corrected chi connectivity index (χ0v) is 17.7. The molecule has 0 amide bonds. The summed E-state index contributed by atoms with van der Waals surface area (Å²) >= 11 is 0. The third kappa shape index (κ3) is 9.39. The Bertz CT molecular complexity index is 518. The van der Waals surface area contributed by atoms with Crippen molar-refractivity contribution in [2.75, 3.05) is 53.5 Å². The molecule has 1 fully saturated rings. The molecule has 0 unspecified atom stereocenters. The summed E-state index contributed by atoms with van der Waals surface area (Å²) in [7, 11) is 4.15. The molecule has 25 heavy (non-hydrogen) atoms. The monoisotopic (exact) mass is 461 g/mol. The molecule has 0 saturated carbocycles. The Kier molecular flexibility index (Phi) is 11.0. The highest BCUT2D eigenvalue weighted by Crippen LogP contribution is 2.08. The van der Waals surface area contributed by atoms with E-state index in [2.05, 4.69) is 58.5 Å². The number of halogens is 1. The molecule has 0 aromatic heterocycles. The predicted octanol–water partition coefficient (Wildman–Crippen LogP) is 1.49. The van der Waals surface area contributed by atoms with Gasteiger partial charge in [-0.15, -0.1) is 24.0 Å². The Labute approximate surface area is 168 Å². The number of morpholine rings is 1. The van der Waals surface area contributed by atoms with Gasteiger partial charge in [0, 0.05) is 26.2 Å². The number of aliphatic imine (C=N–C) groups is 1. The Balaban J connectivity index is 0.00000312. The van der Waals surface area contributed by atoms with Crippen LogP contribution in [0, 0.1) is 0 Å². The standard InChI is InChI=1S/C18H31N5O.HI/c1-22(2)15-17-6-3-5-16(13-17)14-21-18(19)20-7-4-8-23-9-11-24-12-10-23;/h3,5-6,13H,4,7-12,14-15H2,1-2H3,(H3,19,20,21);1H. The number of hydrogen-bond donors (Lipinski definition) is 2. The van der Waals surface area contributed by atoms with Crippen LogP contribution < -0.4 is 11.1 Å². The van der Waals surface area contributed by atoms with E-state index < -0.39 is 0 Å². The third-order valence-corrected chi connectivity index (χ3v) is 3.98. The van der Waals surface area contributed by atoms with Crippen LogP contribution in [0.1, 0.15) is 17.5 Å². The number of benzene rings is 1. The fourth-order valence-corrected chi connectivity index (χ4v) is 2.77. The zero-order chi connectivity index (χ0) is 17.2. The molecule has 1 aromatic rings. The smallest absolute Gasteiger partial charge is 0.188 e. The maximum absolute atomic E-state index is 5.96. The minimum atomic E-state index is 0. The van der Waals surface area contributed by atoms with Gasteiger partial charge in [0.1, 0.15) is 0 Å². The van der Waals surface area contributed by atoms with Crippen molar-refractivity contribution < 1.29 is 4.74 Å². The van der Waals surface area contributed by atoms with Gasteiger partial charge >= 0.3 is 0 Å². The van der Waals surface area contributed by atoms with Gasteiger partial charge in [-0.05, 0) is 38.2 Å². The molecule has 0 bridgehead atoms. The highest BCUT2D eigenvalue weighted by atomic mass is 127. The van der Waals surface area contributed by atoms with Gasteiger partial charge in [0.15, 0.2) is 5.96 Å². The van der Waals surface area contributed by atoms with Crippen LogP contribution in [-0.2, 0) is 17.8 Å². The van der Waals surface area contributed by atoms with E-state index in [0.717, 1.165) is 52.4 Å². The van der Waals surface area contributed by atoms with Crippen LogP contribution in [-0.4, -0.2) is 69.2 Å². The lowest BCUT2D eigenvalue weighted by atomic mass is 10.1. The largest absolute Gasteiger partial charge is 0.379 e. The van der Waals surface area contributed by atoms with Crippen LogP contribution >= 0.6 is 24.0 Å². The molecular formula is C18H32IN5O. The molecule has 0 spiro atoms. The van der Waals surface area contributed by atoms with Gasteiger partial charge in [-0.2, -0.15) is 0 Å². The first-order chi connectivity index (χ1) is 11.6. The second kappa shape index (κ2) is 12.5. The predicted molar refractivity (Wildman–Crippen MR) is 114 cm³/mol. The first-order valence-electron chi connectivity index (χ1n) is 8.70. The molecule has 7 heteroatoms. The van der Waals surface area contributed by atoms with E-state index in [1.54, 1.807) is 0 Å². The zero-order valence-electron chi connectivity index (χ0n) is 15.4. The van der Waals surface area contributed by atoms with Crippen molar-refractivity contribution >= 4 is 29.9 Å². The summed E-state index contributed by atoms with van der Waals surface area (Å²) in [6.45, 7) is 7.26. The van der Waals surface area contributed by atoms with Crippen LogP contribution in [0.5, 0.6) is 0 Å². The summed E-state index contributed by atoms with van der Waals surface area (Å²) in [6.07, 6.45) is 1.06. The Morgan fingerprint density at radius 1 is 1.28 bits per heavy atom. The van der Waals surface area contributed by atoms with E-state index in [4.69, 9.17) is 10.5 Å². The lowest BCUT2D eigenvalue weighted by Crippen LogP contribution is -2.39. The minimum absolute atomic E-state index is 0. The number of nitrogens with zero attached hydrogens (tertiary/aromatic N) is 3. The first kappa shape index (κ1) is 22.1. The van der Waals surface area contributed by atoms with Gasteiger partial charge in [-0.1, -0.05) is 24.3 Å². The Morgan fingerprint density at radius 3 is 2.72 bits per heavy atom. The Hall–Kier alpha value is -0.900. The third-order valence-electron chi connectivity index (χ3n) is 3.98. The van der Waals surface area contributed by atoms with Crippen LogP contribution in [0.3, 0.4) is 0 Å². The molecule has 0 radical (unpaired) electrons. The van der Waals surface area contributed by atoms with E-state index in [1.165, 1.54) is 11.1 Å². The van der Waals surface area contributed by atoms with Crippen molar-refractivity contribution in [3.8, 4) is 0 Å². The SMILES string of the molecule is CN(C)Cc1cccc(CN=C(N)NCCCN2CCOCC2)c1.I. The summed E-state index contributed by atoms with van der Waals surface area (Å²) in [5, 5.41) is 3.20. The van der Waals surface area contributed by atoms with Crippen molar-refractivity contribution in [1.29, 1.82) is 0 Å². The minimum Gasteiger partial charge on any atom is -0.379 e. The second-order valence-corrected chi connectivity index (χ2v) is 6.49. The van der Waals surface area contributed by atoms with E-state index in [9.17, 15) is 0 Å². The lowest BCUT2D eigenvalue weighted by molar-refractivity contribution is 0.0376. The average molecular weight is 461 g/mol. The highest BCUT2D eigenvalue weighted by molar-refractivity contribution is 14.0. The van der Waals surface area contributed by atoms with Crippen molar-refractivity contribution in [3.63, 3.8) is 0 Å². The Morgan fingerprint density at radius 2 is 2.00 bits per heavy atom. The van der Waals surface area contributed by atoms with Gasteiger partial charge in [0.05, 0.1) is 19.8 Å². The van der Waals surface area contributed by atoms with Gasteiger partial charge in [-0.25, -0.2) is 4.99 Å². The number of guanidine groups is 1. The number of nitrogens with two attached hydrogens (primary N) is 1. The molecule has 1 aromatic carbocycles. The van der Waals surface area contributed by atoms with Crippen molar-refractivity contribution in [1.82, 2.24) is 15.1 Å². The molecule has 3 N–H and O–H groups in total. The molecule has 1 heterocycles. The molecule has 6 nitrogen and oxygen atoms in total. The fraction of sp³-hybridized carbons (Fsp3) is 0.611. The number of hydrogen-bond acceptors (Lipinski definition) is 4. The fourth-order valence-electron chi connectivity index (χ4n) is 2.77. The molecule has 1 saturated heterocycles. The van der Waals surface area contributed by atoms with Gasteiger partial charge in [-0.3, -0.25) is 4.90 Å². The van der Waals surface area contributed by atoms with Crippen molar-refractivity contribution in [3.05, 3.63) is 35.4 Å². The van der Waals surface area contributed by atoms with Crippen molar-refractivity contribution in [2.24, 2.45) is 10.7 Å². The molecule has 1 aliphatic rings.